The van der Waals surface area contributed by atoms with Gasteiger partial charge in [-0.25, -0.2) is 0 Å². The van der Waals surface area contributed by atoms with Crippen molar-refractivity contribution in [3.63, 3.8) is 0 Å². The van der Waals surface area contributed by atoms with E-state index in [1.54, 1.807) is 18.2 Å². The number of hydrogen-bond acceptors (Lipinski definition) is 2. The first-order valence-corrected chi connectivity index (χ1v) is 5.72. The maximum absolute atomic E-state index is 12.1. The lowest BCUT2D eigenvalue weighted by Crippen LogP contribution is -2.32. The molecule has 94 valence electrons. The summed E-state index contributed by atoms with van der Waals surface area (Å²) >= 11 is 0. The number of terminal acetylenes is 1. The molecule has 1 aliphatic carbocycles. The predicted octanol–water partition coefficient (Wildman–Crippen LogP) is 2.56. The second kappa shape index (κ2) is 6.38. The highest BCUT2D eigenvalue weighted by atomic mass is 16.1. The molecule has 1 aliphatic rings. The van der Waals surface area contributed by atoms with Gasteiger partial charge in [0.1, 0.15) is 0 Å². The van der Waals surface area contributed by atoms with Gasteiger partial charge in [-0.05, 0) is 18.2 Å². The van der Waals surface area contributed by atoms with Crippen LogP contribution in [-0.2, 0) is 9.59 Å². The van der Waals surface area contributed by atoms with Gasteiger partial charge in [0, 0.05) is 23.8 Å². The van der Waals surface area contributed by atoms with E-state index in [9.17, 15) is 9.59 Å². The molecule has 0 N–H and O–H groups in total. The minimum atomic E-state index is -0.771. The molecule has 2 nitrogen and oxygen atoms in total. The highest BCUT2D eigenvalue weighted by Gasteiger charge is 2.37. The van der Waals surface area contributed by atoms with Crippen molar-refractivity contribution in [2.75, 3.05) is 0 Å². The molecule has 1 unspecified atom stereocenters. The van der Waals surface area contributed by atoms with Gasteiger partial charge in [-0.15, -0.1) is 23.8 Å². The first-order chi connectivity index (χ1) is 9.09. The van der Waals surface area contributed by atoms with Gasteiger partial charge >= 0.3 is 0 Å². The van der Waals surface area contributed by atoms with E-state index >= 15 is 0 Å². The van der Waals surface area contributed by atoms with E-state index in [2.05, 4.69) is 30.5 Å². The Morgan fingerprint density at radius 1 is 1.37 bits per heavy atom. The van der Waals surface area contributed by atoms with Crippen LogP contribution in [0.1, 0.15) is 6.42 Å². The Kier molecular flexibility index (Phi) is 4.86. The third-order valence-electron chi connectivity index (χ3n) is 2.94. The summed E-state index contributed by atoms with van der Waals surface area (Å²) in [6, 6.07) is 0. The van der Waals surface area contributed by atoms with E-state index in [1.165, 1.54) is 18.2 Å². The minimum Gasteiger partial charge on any atom is -0.294 e. The number of hydrogen-bond donors (Lipinski definition) is 0. The van der Waals surface area contributed by atoms with Crippen LogP contribution in [0.4, 0.5) is 0 Å². The molecule has 0 fully saturated rings. The molecule has 0 spiro atoms. The third kappa shape index (κ3) is 3.21. The Balaban J connectivity index is 3.33. The summed E-state index contributed by atoms with van der Waals surface area (Å²) in [6.45, 7) is 6.92. The Bertz CT molecular complexity index is 567. The first-order valence-electron chi connectivity index (χ1n) is 5.72. The second-order valence-electron chi connectivity index (χ2n) is 4.13. The lowest BCUT2D eigenvalue weighted by Gasteiger charge is -2.31. The summed E-state index contributed by atoms with van der Waals surface area (Å²) in [4.78, 5) is 23.4. The van der Waals surface area contributed by atoms with Crippen LogP contribution in [0.2, 0.25) is 0 Å². The van der Waals surface area contributed by atoms with Gasteiger partial charge in [-0.3, -0.25) is 9.59 Å². The largest absolute Gasteiger partial charge is 0.294 e. The molecule has 0 radical (unpaired) electrons. The molecule has 0 bridgehead atoms. The fraction of sp³-hybridized carbons (Fsp3) is 0.176. The fourth-order valence-electron chi connectivity index (χ4n) is 2.01. The van der Waals surface area contributed by atoms with Gasteiger partial charge in [0.05, 0.1) is 0 Å². The Labute approximate surface area is 113 Å². The lowest BCUT2D eigenvalue weighted by molar-refractivity contribution is -0.119. The lowest BCUT2D eigenvalue weighted by atomic mass is 9.69. The average molecular weight is 250 g/mol. The zero-order valence-corrected chi connectivity index (χ0v) is 10.6. The van der Waals surface area contributed by atoms with Crippen molar-refractivity contribution in [3.8, 4) is 12.3 Å². The van der Waals surface area contributed by atoms with Gasteiger partial charge < -0.3 is 0 Å². The molecule has 19 heavy (non-hydrogen) atoms. The third-order valence-corrected chi connectivity index (χ3v) is 2.94. The van der Waals surface area contributed by atoms with Gasteiger partial charge in [0.25, 0.3) is 0 Å². The van der Waals surface area contributed by atoms with Crippen molar-refractivity contribution in [2.24, 2.45) is 11.3 Å². The van der Waals surface area contributed by atoms with Crippen molar-refractivity contribution >= 4 is 11.6 Å². The first kappa shape index (κ1) is 14.5. The van der Waals surface area contributed by atoms with E-state index in [4.69, 9.17) is 6.42 Å². The minimum absolute atomic E-state index is 0.126. The molecular formula is C17H14O2. The molecule has 1 rings (SSSR count). The molecule has 0 aromatic rings. The fourth-order valence-corrected chi connectivity index (χ4v) is 2.01. The zero-order chi connectivity index (χ0) is 14.3. The molecule has 2 heteroatoms. The number of ketones is 2. The van der Waals surface area contributed by atoms with E-state index in [0.717, 1.165) is 0 Å². The van der Waals surface area contributed by atoms with Gasteiger partial charge in [-0.1, -0.05) is 25.3 Å². The quantitative estimate of drug-likeness (QED) is 0.427. The molecule has 0 amide bonds. The molecule has 0 saturated heterocycles. The van der Waals surface area contributed by atoms with Gasteiger partial charge in [0.15, 0.2) is 11.6 Å². The zero-order valence-electron chi connectivity index (χ0n) is 10.6. The van der Waals surface area contributed by atoms with Crippen LogP contribution >= 0.6 is 0 Å². The summed E-state index contributed by atoms with van der Waals surface area (Å²) in [6.07, 6.45) is 14.6. The van der Waals surface area contributed by atoms with Crippen LogP contribution in [0.25, 0.3) is 0 Å². The monoisotopic (exact) mass is 250 g/mol. The molecule has 0 saturated carbocycles. The average Bonchev–Trinajstić information content (AvgIpc) is 2.39. The summed E-state index contributed by atoms with van der Waals surface area (Å²) in [5.41, 5.74) is 4.35. The number of carbonyl (C=O) groups excluding carboxylic acids is 2. The van der Waals surface area contributed by atoms with Crippen LogP contribution in [0.3, 0.4) is 0 Å². The summed E-state index contributed by atoms with van der Waals surface area (Å²) in [5.74, 6) is 1.65. The van der Waals surface area contributed by atoms with Gasteiger partial charge in [-0.2, -0.15) is 0 Å². The van der Waals surface area contributed by atoms with Crippen molar-refractivity contribution in [1.29, 1.82) is 0 Å². The normalized spacial score (nSPS) is 16.7. The maximum atomic E-state index is 12.1. The van der Waals surface area contributed by atoms with Crippen LogP contribution in [0, 0.1) is 23.7 Å². The number of rotatable bonds is 5. The van der Waals surface area contributed by atoms with Crippen LogP contribution in [0.5, 0.6) is 0 Å². The van der Waals surface area contributed by atoms with E-state index in [-0.39, 0.29) is 18.0 Å². The van der Waals surface area contributed by atoms with Crippen molar-refractivity contribution in [2.45, 2.75) is 6.42 Å². The van der Waals surface area contributed by atoms with E-state index in [0.29, 0.717) is 0 Å². The van der Waals surface area contributed by atoms with Crippen molar-refractivity contribution in [3.05, 3.63) is 61.1 Å². The highest BCUT2D eigenvalue weighted by Crippen LogP contribution is 2.37. The molecule has 1 atom stereocenters. The van der Waals surface area contributed by atoms with Crippen molar-refractivity contribution < 1.29 is 9.59 Å². The van der Waals surface area contributed by atoms with Crippen LogP contribution in [-0.4, -0.2) is 11.6 Å². The summed E-state index contributed by atoms with van der Waals surface area (Å²) < 4.78 is 0. The SMILES string of the molecule is C#CCC(C(=O)C=C=C)C1(C=C=C)C=CC(=O)C=C1. The van der Waals surface area contributed by atoms with Crippen molar-refractivity contribution in [1.82, 2.24) is 0 Å². The topological polar surface area (TPSA) is 34.1 Å². The predicted molar refractivity (Wildman–Crippen MR) is 75.1 cm³/mol. The summed E-state index contributed by atoms with van der Waals surface area (Å²) in [7, 11) is 0. The van der Waals surface area contributed by atoms with E-state index in [1.807, 2.05) is 0 Å². The van der Waals surface area contributed by atoms with E-state index < -0.39 is 11.3 Å². The molecule has 0 aromatic carbocycles. The Morgan fingerprint density at radius 2 is 2.00 bits per heavy atom. The molecule has 0 aromatic heterocycles. The molecular weight excluding hydrogens is 236 g/mol. The smallest absolute Gasteiger partial charge is 0.178 e. The van der Waals surface area contributed by atoms with Crippen LogP contribution in [0.15, 0.2) is 61.1 Å². The standard InChI is InChI=1S/C17H14O2/c1-4-7-15(16(19)8-5-2)17(11-6-3)12-9-14(18)10-13-17/h1,8-13,15H,2-3,7H2. The Hall–Kier alpha value is -2.58. The molecule has 0 aliphatic heterocycles. The number of allylic oxidation sites excluding steroid dienone is 6. The highest BCUT2D eigenvalue weighted by molar-refractivity contribution is 6.01. The van der Waals surface area contributed by atoms with Gasteiger partial charge in [0.2, 0.25) is 0 Å². The number of carbonyl (C=O) groups is 2. The van der Waals surface area contributed by atoms with Crippen LogP contribution < -0.4 is 0 Å². The second-order valence-corrected chi connectivity index (χ2v) is 4.13. The summed E-state index contributed by atoms with van der Waals surface area (Å²) in [5, 5.41) is 0. The molecule has 0 heterocycles. The Morgan fingerprint density at radius 3 is 2.47 bits per heavy atom. The maximum Gasteiger partial charge on any atom is 0.178 e.